The Labute approximate surface area is 119 Å². The van der Waals surface area contributed by atoms with Crippen molar-refractivity contribution in [3.05, 3.63) is 23.8 Å². The van der Waals surface area contributed by atoms with Crippen LogP contribution in [0.5, 0.6) is 0 Å². The normalized spacial score (nSPS) is 14.5. The third-order valence-corrected chi connectivity index (χ3v) is 3.70. The van der Waals surface area contributed by atoms with Crippen LogP contribution in [-0.4, -0.2) is 12.8 Å². The molecule has 1 nitrogen and oxygen atoms in total. The molecular formula is C18H31N. The Morgan fingerprint density at radius 2 is 1.58 bits per heavy atom. The van der Waals surface area contributed by atoms with E-state index in [4.69, 9.17) is 0 Å². The van der Waals surface area contributed by atoms with E-state index in [0.717, 1.165) is 13.0 Å². The molecule has 0 amide bonds. The van der Waals surface area contributed by atoms with E-state index in [9.17, 15) is 0 Å². The van der Waals surface area contributed by atoms with Gasteiger partial charge in [-0.3, -0.25) is 4.99 Å². The van der Waals surface area contributed by atoms with E-state index in [-0.39, 0.29) is 0 Å². The number of hydrogen-bond donors (Lipinski definition) is 0. The molecule has 19 heavy (non-hydrogen) atoms. The molecule has 0 saturated heterocycles. The van der Waals surface area contributed by atoms with Crippen molar-refractivity contribution in [1.29, 1.82) is 0 Å². The molecule has 0 spiro atoms. The van der Waals surface area contributed by atoms with Gasteiger partial charge < -0.3 is 0 Å². The largest absolute Gasteiger partial charge is 0.293 e. The third-order valence-electron chi connectivity index (χ3n) is 3.70. The predicted molar refractivity (Wildman–Crippen MR) is 87.0 cm³/mol. The van der Waals surface area contributed by atoms with Gasteiger partial charge in [0.1, 0.15) is 0 Å². The van der Waals surface area contributed by atoms with Crippen molar-refractivity contribution < 1.29 is 0 Å². The fraction of sp³-hybridized carbons (Fsp3) is 0.722. The van der Waals surface area contributed by atoms with Crippen LogP contribution in [0.1, 0.15) is 77.6 Å². The molecule has 0 N–H and O–H groups in total. The quantitative estimate of drug-likeness (QED) is 0.308. The van der Waals surface area contributed by atoms with Gasteiger partial charge in [0.15, 0.2) is 0 Å². The first kappa shape index (κ1) is 16.2. The van der Waals surface area contributed by atoms with Gasteiger partial charge in [0.05, 0.1) is 0 Å². The molecule has 0 aliphatic heterocycles. The second-order valence-electron chi connectivity index (χ2n) is 5.59. The van der Waals surface area contributed by atoms with Crippen molar-refractivity contribution in [2.24, 2.45) is 4.99 Å². The minimum Gasteiger partial charge on any atom is -0.293 e. The monoisotopic (exact) mass is 261 g/mol. The molecule has 1 aliphatic carbocycles. The standard InChI is InChI=1S/C18H31N/c1-2-3-4-5-6-7-8-9-10-13-16-19-17-18-14-11-12-15-18/h11-12,14,17H,2-10,13,15-16H2,1H3. The van der Waals surface area contributed by atoms with Crippen LogP contribution in [0.15, 0.2) is 28.8 Å². The summed E-state index contributed by atoms with van der Waals surface area (Å²) in [5.41, 5.74) is 1.35. The molecule has 0 aromatic heterocycles. The smallest absolute Gasteiger partial charge is 0.0389 e. The molecule has 0 aromatic rings. The number of aliphatic imine (C=N–C) groups is 1. The SMILES string of the molecule is CCCCCCCCCCCCN=CC1=CC=CC1. The van der Waals surface area contributed by atoms with Crippen LogP contribution in [0.25, 0.3) is 0 Å². The summed E-state index contributed by atoms with van der Waals surface area (Å²) in [5, 5.41) is 0. The molecule has 0 unspecified atom stereocenters. The maximum Gasteiger partial charge on any atom is 0.0389 e. The van der Waals surface area contributed by atoms with Crippen LogP contribution in [0.4, 0.5) is 0 Å². The van der Waals surface area contributed by atoms with Crippen LogP contribution in [-0.2, 0) is 0 Å². The lowest BCUT2D eigenvalue weighted by molar-refractivity contribution is 0.558. The second kappa shape index (κ2) is 12.2. The van der Waals surface area contributed by atoms with Gasteiger partial charge in [-0.15, -0.1) is 0 Å². The number of allylic oxidation sites excluding steroid dienone is 4. The average Bonchev–Trinajstić information content (AvgIpc) is 2.93. The molecular weight excluding hydrogens is 230 g/mol. The van der Waals surface area contributed by atoms with Gasteiger partial charge in [-0.1, -0.05) is 82.9 Å². The molecule has 1 rings (SSSR count). The van der Waals surface area contributed by atoms with Crippen LogP contribution in [0, 0.1) is 0 Å². The van der Waals surface area contributed by atoms with E-state index in [0.29, 0.717) is 0 Å². The molecule has 0 radical (unpaired) electrons. The summed E-state index contributed by atoms with van der Waals surface area (Å²) in [6.45, 7) is 3.29. The number of hydrogen-bond acceptors (Lipinski definition) is 1. The van der Waals surface area contributed by atoms with E-state index in [1.165, 1.54) is 69.8 Å². The highest BCUT2D eigenvalue weighted by Gasteiger charge is 1.94. The van der Waals surface area contributed by atoms with E-state index in [1.54, 1.807) is 0 Å². The third kappa shape index (κ3) is 9.69. The van der Waals surface area contributed by atoms with Gasteiger partial charge in [-0.2, -0.15) is 0 Å². The molecule has 0 atom stereocenters. The Hall–Kier alpha value is -0.850. The fourth-order valence-corrected chi connectivity index (χ4v) is 2.43. The first-order valence-electron chi connectivity index (χ1n) is 8.29. The zero-order chi connectivity index (χ0) is 13.6. The van der Waals surface area contributed by atoms with Crippen LogP contribution in [0.3, 0.4) is 0 Å². The van der Waals surface area contributed by atoms with Gasteiger partial charge in [0.25, 0.3) is 0 Å². The van der Waals surface area contributed by atoms with Crippen LogP contribution in [0.2, 0.25) is 0 Å². The van der Waals surface area contributed by atoms with Gasteiger partial charge in [-0.05, 0) is 18.4 Å². The van der Waals surface area contributed by atoms with Crippen molar-refractivity contribution in [2.75, 3.05) is 6.54 Å². The topological polar surface area (TPSA) is 12.4 Å². The summed E-state index contributed by atoms with van der Waals surface area (Å²) < 4.78 is 0. The van der Waals surface area contributed by atoms with Crippen molar-refractivity contribution in [3.63, 3.8) is 0 Å². The molecule has 1 aliphatic rings. The van der Waals surface area contributed by atoms with Gasteiger partial charge >= 0.3 is 0 Å². The average molecular weight is 261 g/mol. The minimum atomic E-state index is 1.01. The summed E-state index contributed by atoms with van der Waals surface area (Å²) in [7, 11) is 0. The Morgan fingerprint density at radius 1 is 0.947 bits per heavy atom. The summed E-state index contributed by atoms with van der Waals surface area (Å²) in [6.07, 6.45) is 23.5. The highest BCUT2D eigenvalue weighted by molar-refractivity contribution is 5.80. The van der Waals surface area contributed by atoms with Crippen molar-refractivity contribution in [3.8, 4) is 0 Å². The maximum absolute atomic E-state index is 4.49. The summed E-state index contributed by atoms with van der Waals surface area (Å²) in [4.78, 5) is 4.49. The zero-order valence-corrected chi connectivity index (χ0v) is 12.7. The van der Waals surface area contributed by atoms with Gasteiger partial charge in [0.2, 0.25) is 0 Å². The molecule has 1 heteroatoms. The Balaban J connectivity index is 1.76. The van der Waals surface area contributed by atoms with E-state index < -0.39 is 0 Å². The highest BCUT2D eigenvalue weighted by atomic mass is 14.7. The minimum absolute atomic E-state index is 1.01. The highest BCUT2D eigenvalue weighted by Crippen LogP contribution is 2.11. The summed E-state index contributed by atoms with van der Waals surface area (Å²) in [6, 6.07) is 0. The predicted octanol–water partition coefficient (Wildman–Crippen LogP) is 5.86. The number of nitrogens with zero attached hydrogens (tertiary/aromatic N) is 1. The van der Waals surface area contributed by atoms with Crippen molar-refractivity contribution in [1.82, 2.24) is 0 Å². The zero-order valence-electron chi connectivity index (χ0n) is 12.7. The molecule has 0 heterocycles. The first-order valence-corrected chi connectivity index (χ1v) is 8.29. The van der Waals surface area contributed by atoms with Gasteiger partial charge in [-0.25, -0.2) is 0 Å². The second-order valence-corrected chi connectivity index (χ2v) is 5.59. The maximum atomic E-state index is 4.49. The van der Waals surface area contributed by atoms with E-state index in [2.05, 4.69) is 30.1 Å². The molecule has 108 valence electrons. The Kier molecular flexibility index (Phi) is 10.4. The van der Waals surface area contributed by atoms with Crippen LogP contribution < -0.4 is 0 Å². The Bertz CT molecular complexity index is 286. The summed E-state index contributed by atoms with van der Waals surface area (Å²) >= 11 is 0. The lowest BCUT2D eigenvalue weighted by atomic mass is 10.1. The van der Waals surface area contributed by atoms with E-state index >= 15 is 0 Å². The van der Waals surface area contributed by atoms with Crippen LogP contribution >= 0.6 is 0 Å². The number of rotatable bonds is 12. The van der Waals surface area contributed by atoms with Crippen molar-refractivity contribution in [2.45, 2.75) is 77.6 Å². The molecule has 0 aromatic carbocycles. The lowest BCUT2D eigenvalue weighted by Crippen LogP contribution is -1.86. The molecule has 0 saturated carbocycles. The van der Waals surface area contributed by atoms with E-state index in [1.807, 2.05) is 6.21 Å². The fourth-order valence-electron chi connectivity index (χ4n) is 2.43. The van der Waals surface area contributed by atoms with Crippen molar-refractivity contribution >= 4 is 6.21 Å². The van der Waals surface area contributed by atoms with Gasteiger partial charge in [0, 0.05) is 12.8 Å². The summed E-state index contributed by atoms with van der Waals surface area (Å²) in [5.74, 6) is 0. The molecule has 0 bridgehead atoms. The Morgan fingerprint density at radius 3 is 2.16 bits per heavy atom. The first-order chi connectivity index (χ1) is 9.43. The number of unbranched alkanes of at least 4 members (excludes halogenated alkanes) is 9. The lowest BCUT2D eigenvalue weighted by Gasteiger charge is -2.01. The molecule has 0 fully saturated rings.